The summed E-state index contributed by atoms with van der Waals surface area (Å²) in [7, 11) is 3.22. The van der Waals surface area contributed by atoms with E-state index in [4.69, 9.17) is 21.1 Å². The van der Waals surface area contributed by atoms with Gasteiger partial charge in [-0.1, -0.05) is 17.7 Å². The minimum absolute atomic E-state index is 0.0290. The minimum Gasteiger partial charge on any atom is -0.376 e. The molecule has 0 radical (unpaired) electrons. The quantitative estimate of drug-likeness (QED) is 0.854. The van der Waals surface area contributed by atoms with E-state index in [1.165, 1.54) is 0 Å². The summed E-state index contributed by atoms with van der Waals surface area (Å²) in [5, 5.41) is 5.00. The first kappa shape index (κ1) is 14.1. The molecule has 0 aliphatic heterocycles. The van der Waals surface area contributed by atoms with Crippen molar-refractivity contribution in [1.82, 2.24) is 4.98 Å². The molecule has 1 aromatic carbocycles. The average molecular weight is 281 g/mol. The first-order chi connectivity index (χ1) is 9.15. The van der Waals surface area contributed by atoms with Crippen LogP contribution in [0.25, 0.3) is 10.9 Å². The molecule has 2 rings (SSSR count). The number of anilines is 1. The monoisotopic (exact) mass is 280 g/mol. The van der Waals surface area contributed by atoms with Crippen LogP contribution in [-0.4, -0.2) is 31.5 Å². The van der Waals surface area contributed by atoms with Crippen molar-refractivity contribution < 1.29 is 9.47 Å². The molecule has 0 aliphatic rings. The summed E-state index contributed by atoms with van der Waals surface area (Å²) in [6, 6.07) is 7.59. The third kappa shape index (κ3) is 3.15. The van der Waals surface area contributed by atoms with Crippen LogP contribution in [0.5, 0.6) is 0 Å². The molecule has 0 aliphatic carbocycles. The Kier molecular flexibility index (Phi) is 4.58. The third-order valence-electron chi connectivity index (χ3n) is 2.93. The van der Waals surface area contributed by atoms with Gasteiger partial charge >= 0.3 is 0 Å². The Morgan fingerprint density at radius 3 is 2.68 bits per heavy atom. The van der Waals surface area contributed by atoms with Crippen molar-refractivity contribution >= 4 is 28.2 Å². The van der Waals surface area contributed by atoms with Gasteiger partial charge in [0.15, 0.2) is 6.29 Å². The van der Waals surface area contributed by atoms with Crippen LogP contribution in [0.4, 0.5) is 5.69 Å². The molecule has 19 heavy (non-hydrogen) atoms. The fourth-order valence-corrected chi connectivity index (χ4v) is 2.31. The molecule has 0 spiro atoms. The Labute approximate surface area is 117 Å². The Hall–Kier alpha value is -1.36. The zero-order chi connectivity index (χ0) is 13.8. The van der Waals surface area contributed by atoms with E-state index in [1.54, 1.807) is 20.4 Å². The van der Waals surface area contributed by atoms with E-state index in [1.807, 2.05) is 31.2 Å². The molecule has 1 unspecified atom stereocenters. The molecule has 0 fully saturated rings. The van der Waals surface area contributed by atoms with Crippen LogP contribution in [0, 0.1) is 0 Å². The van der Waals surface area contributed by atoms with E-state index in [0.717, 1.165) is 16.6 Å². The van der Waals surface area contributed by atoms with Gasteiger partial charge in [0.05, 0.1) is 17.2 Å². The van der Waals surface area contributed by atoms with E-state index in [2.05, 4.69) is 10.3 Å². The number of fused-ring (bicyclic) bond motifs is 1. The molecular weight excluding hydrogens is 264 g/mol. The lowest BCUT2D eigenvalue weighted by Gasteiger charge is -2.23. The second kappa shape index (κ2) is 6.19. The number of pyridine rings is 1. The van der Waals surface area contributed by atoms with Crippen LogP contribution in [0.15, 0.2) is 30.5 Å². The summed E-state index contributed by atoms with van der Waals surface area (Å²) < 4.78 is 10.5. The van der Waals surface area contributed by atoms with Gasteiger partial charge in [-0.3, -0.25) is 4.98 Å². The molecule has 0 amide bonds. The zero-order valence-corrected chi connectivity index (χ0v) is 11.9. The van der Waals surface area contributed by atoms with E-state index < -0.39 is 0 Å². The highest BCUT2D eigenvalue weighted by atomic mass is 35.5. The summed E-state index contributed by atoms with van der Waals surface area (Å²) in [5.41, 5.74) is 1.75. The summed E-state index contributed by atoms with van der Waals surface area (Å²) >= 11 is 6.12. The number of aromatic nitrogens is 1. The Balaban J connectivity index is 2.34. The summed E-state index contributed by atoms with van der Waals surface area (Å²) in [5.74, 6) is 0. The summed E-state index contributed by atoms with van der Waals surface area (Å²) in [4.78, 5) is 4.38. The fraction of sp³-hybridized carbons (Fsp3) is 0.357. The molecule has 0 saturated heterocycles. The fourth-order valence-electron chi connectivity index (χ4n) is 2.08. The van der Waals surface area contributed by atoms with Crippen molar-refractivity contribution in [2.75, 3.05) is 19.5 Å². The highest BCUT2D eigenvalue weighted by Crippen LogP contribution is 2.27. The molecule has 1 atom stereocenters. The Morgan fingerprint density at radius 1 is 1.26 bits per heavy atom. The number of ether oxygens (including phenoxy) is 2. The van der Waals surface area contributed by atoms with Crippen molar-refractivity contribution in [2.45, 2.75) is 19.3 Å². The Bertz CT molecular complexity index is 558. The van der Waals surface area contributed by atoms with Gasteiger partial charge in [0.2, 0.25) is 0 Å². The lowest BCUT2D eigenvalue weighted by Crippen LogP contribution is -2.33. The van der Waals surface area contributed by atoms with Crippen molar-refractivity contribution in [3.63, 3.8) is 0 Å². The number of rotatable bonds is 5. The zero-order valence-electron chi connectivity index (χ0n) is 11.2. The van der Waals surface area contributed by atoms with Crippen molar-refractivity contribution in [2.24, 2.45) is 0 Å². The average Bonchev–Trinajstić information content (AvgIpc) is 2.40. The highest BCUT2D eigenvalue weighted by molar-refractivity contribution is 6.31. The van der Waals surface area contributed by atoms with Gasteiger partial charge in [0.1, 0.15) is 0 Å². The van der Waals surface area contributed by atoms with Gasteiger partial charge in [0, 0.05) is 30.8 Å². The van der Waals surface area contributed by atoms with E-state index in [9.17, 15) is 0 Å². The largest absolute Gasteiger partial charge is 0.376 e. The lowest BCUT2D eigenvalue weighted by atomic mass is 10.1. The molecule has 102 valence electrons. The maximum atomic E-state index is 6.12. The van der Waals surface area contributed by atoms with Gasteiger partial charge in [-0.25, -0.2) is 0 Å². The maximum absolute atomic E-state index is 6.12. The van der Waals surface area contributed by atoms with Gasteiger partial charge in [-0.15, -0.1) is 0 Å². The summed E-state index contributed by atoms with van der Waals surface area (Å²) in [6.45, 7) is 1.98. The predicted octanol–water partition coefficient (Wildman–Crippen LogP) is 3.31. The smallest absolute Gasteiger partial charge is 0.176 e. The van der Waals surface area contributed by atoms with Gasteiger partial charge in [-0.2, -0.15) is 0 Å². The second-order valence-electron chi connectivity index (χ2n) is 4.30. The number of nitrogens with zero attached hydrogens (tertiary/aromatic N) is 1. The second-order valence-corrected chi connectivity index (χ2v) is 4.74. The molecule has 2 aromatic rings. The minimum atomic E-state index is -0.335. The first-order valence-electron chi connectivity index (χ1n) is 6.02. The number of hydrogen-bond acceptors (Lipinski definition) is 4. The number of nitrogens with one attached hydrogen (secondary N) is 1. The van der Waals surface area contributed by atoms with Crippen LogP contribution in [0.1, 0.15) is 6.92 Å². The standard InChI is InChI=1S/C14H17ClN2O2/c1-9(14(18-2)19-3)17-12-8-11(15)7-10-5-4-6-16-13(10)12/h4-9,14,17H,1-3H3. The SMILES string of the molecule is COC(OC)C(C)Nc1cc(Cl)cc2cccnc12. The maximum Gasteiger partial charge on any atom is 0.176 e. The molecule has 0 bridgehead atoms. The number of hydrogen-bond donors (Lipinski definition) is 1. The van der Waals surface area contributed by atoms with E-state index in [0.29, 0.717) is 5.02 Å². The highest BCUT2D eigenvalue weighted by Gasteiger charge is 2.17. The third-order valence-corrected chi connectivity index (χ3v) is 3.14. The number of methoxy groups -OCH3 is 2. The lowest BCUT2D eigenvalue weighted by molar-refractivity contribution is -0.109. The van der Waals surface area contributed by atoms with Crippen molar-refractivity contribution in [1.29, 1.82) is 0 Å². The van der Waals surface area contributed by atoms with Crippen LogP contribution < -0.4 is 5.32 Å². The summed E-state index contributed by atoms with van der Waals surface area (Å²) in [6.07, 6.45) is 1.42. The molecular formula is C14H17ClN2O2. The van der Waals surface area contributed by atoms with E-state index >= 15 is 0 Å². The molecule has 4 nitrogen and oxygen atoms in total. The molecule has 5 heteroatoms. The van der Waals surface area contributed by atoms with Crippen molar-refractivity contribution in [3.05, 3.63) is 35.5 Å². The molecule has 1 N–H and O–H groups in total. The Morgan fingerprint density at radius 2 is 2.00 bits per heavy atom. The molecule has 1 aromatic heterocycles. The van der Waals surface area contributed by atoms with Gasteiger partial charge in [0.25, 0.3) is 0 Å². The van der Waals surface area contributed by atoms with Crippen LogP contribution in [0.3, 0.4) is 0 Å². The van der Waals surface area contributed by atoms with Crippen molar-refractivity contribution in [3.8, 4) is 0 Å². The van der Waals surface area contributed by atoms with Gasteiger partial charge in [-0.05, 0) is 25.1 Å². The van der Waals surface area contributed by atoms with Crippen LogP contribution >= 0.6 is 11.6 Å². The topological polar surface area (TPSA) is 43.4 Å². The molecule has 0 saturated carbocycles. The van der Waals surface area contributed by atoms with Gasteiger partial charge < -0.3 is 14.8 Å². The number of halogens is 1. The van der Waals surface area contributed by atoms with Crippen LogP contribution in [0.2, 0.25) is 5.02 Å². The van der Waals surface area contributed by atoms with Crippen LogP contribution in [-0.2, 0) is 9.47 Å². The van der Waals surface area contributed by atoms with E-state index in [-0.39, 0.29) is 12.3 Å². The first-order valence-corrected chi connectivity index (χ1v) is 6.40. The predicted molar refractivity (Wildman–Crippen MR) is 77.6 cm³/mol. The number of benzene rings is 1. The normalized spacial score (nSPS) is 12.9. The molecule has 1 heterocycles.